The molecule has 2 aromatic rings. The summed E-state index contributed by atoms with van der Waals surface area (Å²) in [7, 11) is 0. The van der Waals surface area contributed by atoms with E-state index in [4.69, 9.17) is 5.73 Å². The number of hydrogen-bond donors (Lipinski definition) is 3. The molecular formula is C23H30ClN3O2. The Bertz CT molecular complexity index is 858. The van der Waals surface area contributed by atoms with Gasteiger partial charge in [0.2, 0.25) is 5.91 Å². The van der Waals surface area contributed by atoms with E-state index >= 15 is 0 Å². The normalized spacial score (nSPS) is 25.7. The van der Waals surface area contributed by atoms with Crippen molar-refractivity contribution in [1.82, 2.24) is 10.6 Å². The second-order valence-electron chi connectivity index (χ2n) is 8.34. The van der Waals surface area contributed by atoms with Gasteiger partial charge < -0.3 is 16.4 Å². The molecule has 0 saturated heterocycles. The number of hydrogen-bond acceptors (Lipinski definition) is 3. The van der Waals surface area contributed by atoms with Crippen molar-refractivity contribution in [2.75, 3.05) is 6.54 Å². The van der Waals surface area contributed by atoms with E-state index in [2.05, 4.69) is 10.6 Å². The van der Waals surface area contributed by atoms with E-state index in [1.807, 2.05) is 42.5 Å². The predicted octanol–water partition coefficient (Wildman–Crippen LogP) is 3.40. The molecule has 2 aliphatic rings. The molecule has 2 aromatic carbocycles. The van der Waals surface area contributed by atoms with Gasteiger partial charge in [0.1, 0.15) is 0 Å². The lowest BCUT2D eigenvalue weighted by Gasteiger charge is -2.45. The van der Waals surface area contributed by atoms with Crippen LogP contribution in [0.2, 0.25) is 0 Å². The van der Waals surface area contributed by atoms with E-state index in [0.717, 1.165) is 36.5 Å². The first-order valence-corrected chi connectivity index (χ1v) is 10.4. The van der Waals surface area contributed by atoms with Crippen LogP contribution in [-0.2, 0) is 4.79 Å². The van der Waals surface area contributed by atoms with Crippen molar-refractivity contribution in [2.24, 2.45) is 17.6 Å². The molecule has 2 atom stereocenters. The van der Waals surface area contributed by atoms with Gasteiger partial charge in [-0.25, -0.2) is 0 Å². The van der Waals surface area contributed by atoms with E-state index in [-0.39, 0.29) is 36.3 Å². The third-order valence-electron chi connectivity index (χ3n) is 6.35. The summed E-state index contributed by atoms with van der Waals surface area (Å²) in [5.41, 5.74) is 6.78. The molecular weight excluding hydrogens is 386 g/mol. The minimum Gasteiger partial charge on any atom is -0.353 e. The van der Waals surface area contributed by atoms with Crippen molar-refractivity contribution in [3.8, 4) is 0 Å². The van der Waals surface area contributed by atoms with Crippen LogP contribution in [0.5, 0.6) is 0 Å². The molecule has 2 bridgehead atoms. The molecule has 156 valence electrons. The number of nitrogens with one attached hydrogen (secondary N) is 2. The Morgan fingerprint density at radius 3 is 2.41 bits per heavy atom. The molecule has 2 saturated carbocycles. The fourth-order valence-corrected chi connectivity index (χ4v) is 5.01. The van der Waals surface area contributed by atoms with Crippen molar-refractivity contribution >= 4 is 35.0 Å². The Morgan fingerprint density at radius 2 is 1.69 bits per heavy atom. The maximum absolute atomic E-state index is 12.4. The number of rotatable bonds is 5. The second kappa shape index (κ2) is 9.59. The molecule has 0 heterocycles. The van der Waals surface area contributed by atoms with Crippen molar-refractivity contribution < 1.29 is 9.59 Å². The van der Waals surface area contributed by atoms with Crippen LogP contribution in [0.1, 0.15) is 48.9 Å². The van der Waals surface area contributed by atoms with E-state index in [9.17, 15) is 9.59 Å². The number of carbonyl (C=O) groups is 2. The van der Waals surface area contributed by atoms with Gasteiger partial charge in [-0.3, -0.25) is 9.59 Å². The fourth-order valence-electron chi connectivity index (χ4n) is 5.01. The molecule has 2 fully saturated rings. The summed E-state index contributed by atoms with van der Waals surface area (Å²) in [6.45, 7) is 0.346. The first-order valence-electron chi connectivity index (χ1n) is 10.4. The van der Waals surface area contributed by atoms with Gasteiger partial charge in [0.25, 0.3) is 5.91 Å². The highest BCUT2D eigenvalue weighted by atomic mass is 35.5. The smallest absolute Gasteiger partial charge is 0.251 e. The quantitative estimate of drug-likeness (QED) is 0.699. The largest absolute Gasteiger partial charge is 0.353 e. The zero-order valence-corrected chi connectivity index (χ0v) is 17.4. The molecule has 2 aliphatic carbocycles. The fraction of sp³-hybridized carbons (Fsp3) is 0.478. The van der Waals surface area contributed by atoms with Gasteiger partial charge >= 0.3 is 0 Å². The van der Waals surface area contributed by atoms with E-state index in [0.29, 0.717) is 30.4 Å². The van der Waals surface area contributed by atoms with Gasteiger partial charge in [0.05, 0.1) is 0 Å². The highest BCUT2D eigenvalue weighted by Crippen LogP contribution is 2.39. The lowest BCUT2D eigenvalue weighted by molar-refractivity contribution is -0.123. The number of amides is 2. The minimum atomic E-state index is -0.140. The molecule has 29 heavy (non-hydrogen) atoms. The zero-order chi connectivity index (χ0) is 19.5. The van der Waals surface area contributed by atoms with Crippen LogP contribution in [0.3, 0.4) is 0 Å². The van der Waals surface area contributed by atoms with Crippen molar-refractivity contribution in [2.45, 2.75) is 50.6 Å². The van der Waals surface area contributed by atoms with Crippen LogP contribution in [0.15, 0.2) is 42.5 Å². The van der Waals surface area contributed by atoms with Crippen LogP contribution >= 0.6 is 12.4 Å². The monoisotopic (exact) mass is 415 g/mol. The molecule has 5 nitrogen and oxygen atoms in total. The lowest BCUT2D eigenvalue weighted by Crippen LogP contribution is -2.54. The van der Waals surface area contributed by atoms with E-state index in [1.54, 1.807) is 0 Å². The Balaban J connectivity index is 0.00000240. The maximum atomic E-state index is 12.4. The number of carbonyl (C=O) groups excluding carboxylic acids is 2. The number of fused-ring (bicyclic) bond motifs is 3. The summed E-state index contributed by atoms with van der Waals surface area (Å²) in [5, 5.41) is 8.25. The van der Waals surface area contributed by atoms with Crippen LogP contribution in [0.25, 0.3) is 10.8 Å². The van der Waals surface area contributed by atoms with Crippen molar-refractivity contribution in [1.29, 1.82) is 0 Å². The highest BCUT2D eigenvalue weighted by Gasteiger charge is 2.39. The minimum absolute atomic E-state index is 0. The van der Waals surface area contributed by atoms with Crippen LogP contribution in [-0.4, -0.2) is 30.4 Å². The molecule has 2 unspecified atom stereocenters. The highest BCUT2D eigenvalue weighted by molar-refractivity contribution is 5.98. The molecule has 0 aromatic heterocycles. The Morgan fingerprint density at radius 1 is 1.00 bits per heavy atom. The third-order valence-corrected chi connectivity index (χ3v) is 6.35. The third kappa shape index (κ3) is 5.09. The first kappa shape index (κ1) is 21.6. The summed E-state index contributed by atoms with van der Waals surface area (Å²) in [6.07, 6.45) is 5.90. The Labute approximate surface area is 178 Å². The van der Waals surface area contributed by atoms with E-state index in [1.165, 1.54) is 6.42 Å². The van der Waals surface area contributed by atoms with Gasteiger partial charge in [-0.15, -0.1) is 12.4 Å². The lowest BCUT2D eigenvalue weighted by atomic mass is 9.67. The van der Waals surface area contributed by atoms with Crippen molar-refractivity contribution in [3.63, 3.8) is 0 Å². The van der Waals surface area contributed by atoms with E-state index < -0.39 is 0 Å². The standard InChI is InChI=1S/C23H29N3O2.ClH/c24-20-13-17-6-3-7-18(14-20)22(17)26-21(27)10-11-25-23(28)19-9-8-15-4-1-2-5-16(15)12-19;/h1-2,4-5,8-9,12,17-18,20,22H,3,6-7,10-11,13-14,24H2,(H,25,28)(H,26,27);1H. The number of benzene rings is 2. The van der Waals surface area contributed by atoms with Crippen LogP contribution in [0, 0.1) is 11.8 Å². The summed E-state index contributed by atoms with van der Waals surface area (Å²) in [6, 6.07) is 14.2. The van der Waals surface area contributed by atoms with Crippen LogP contribution < -0.4 is 16.4 Å². The van der Waals surface area contributed by atoms with Gasteiger partial charge in [0, 0.05) is 30.6 Å². The maximum Gasteiger partial charge on any atom is 0.251 e. The molecule has 0 spiro atoms. The molecule has 2 amide bonds. The van der Waals surface area contributed by atoms with Crippen LogP contribution in [0.4, 0.5) is 0 Å². The average Bonchev–Trinajstić information content (AvgIpc) is 2.68. The summed E-state index contributed by atoms with van der Waals surface area (Å²) >= 11 is 0. The molecule has 0 radical (unpaired) electrons. The van der Waals surface area contributed by atoms with Gasteiger partial charge in [-0.1, -0.05) is 36.8 Å². The van der Waals surface area contributed by atoms with Gasteiger partial charge in [-0.2, -0.15) is 0 Å². The SMILES string of the molecule is Cl.NC1CC2CCCC(C1)C2NC(=O)CCNC(=O)c1ccc2ccccc2c1. The number of halogens is 1. The number of nitrogens with two attached hydrogens (primary N) is 1. The molecule has 4 N–H and O–H groups in total. The van der Waals surface area contributed by atoms with Gasteiger partial charge in [0.15, 0.2) is 0 Å². The Hall–Kier alpha value is -2.11. The van der Waals surface area contributed by atoms with Crippen molar-refractivity contribution in [3.05, 3.63) is 48.0 Å². The topological polar surface area (TPSA) is 84.2 Å². The molecule has 0 aliphatic heterocycles. The second-order valence-corrected chi connectivity index (χ2v) is 8.34. The van der Waals surface area contributed by atoms with Gasteiger partial charge in [-0.05, 0) is 60.4 Å². The predicted molar refractivity (Wildman–Crippen MR) is 118 cm³/mol. The zero-order valence-electron chi connectivity index (χ0n) is 16.6. The summed E-state index contributed by atoms with van der Waals surface area (Å²) < 4.78 is 0. The molecule has 4 rings (SSSR count). The Kier molecular flexibility index (Phi) is 7.14. The summed E-state index contributed by atoms with van der Waals surface area (Å²) in [4.78, 5) is 24.8. The average molecular weight is 416 g/mol. The first-order chi connectivity index (χ1) is 13.6. The molecule has 6 heteroatoms. The summed E-state index contributed by atoms with van der Waals surface area (Å²) in [5.74, 6) is 0.910.